The van der Waals surface area contributed by atoms with Gasteiger partial charge in [0, 0.05) is 23.5 Å². The van der Waals surface area contributed by atoms with E-state index in [0.717, 1.165) is 17.9 Å². The van der Waals surface area contributed by atoms with Gasteiger partial charge in [0.25, 0.3) is 5.69 Å². The van der Waals surface area contributed by atoms with E-state index in [4.69, 9.17) is 0 Å². The summed E-state index contributed by atoms with van der Waals surface area (Å²) >= 11 is 1.58. The molecule has 0 aliphatic carbocycles. The number of nitro groups is 1. The van der Waals surface area contributed by atoms with Crippen molar-refractivity contribution in [1.82, 2.24) is 0 Å². The lowest BCUT2D eigenvalue weighted by Crippen LogP contribution is -2.35. The lowest BCUT2D eigenvalue weighted by Gasteiger charge is -2.26. The number of halogens is 3. The molecule has 1 aromatic rings. The van der Waals surface area contributed by atoms with Crippen LogP contribution in [0.5, 0.6) is 0 Å². The van der Waals surface area contributed by atoms with Gasteiger partial charge in [0.1, 0.15) is 5.56 Å². The Hall–Kier alpha value is -1.48. The van der Waals surface area contributed by atoms with Crippen molar-refractivity contribution < 1.29 is 23.2 Å². The van der Waals surface area contributed by atoms with Crippen molar-refractivity contribution in [2.45, 2.75) is 44.5 Å². The smallest absolute Gasteiger partial charge is 0.389 e. The number of benzene rings is 1. The van der Waals surface area contributed by atoms with E-state index in [1.807, 2.05) is 6.92 Å². The van der Waals surface area contributed by atoms with E-state index in [1.54, 1.807) is 18.7 Å². The van der Waals surface area contributed by atoms with E-state index < -0.39 is 28.0 Å². The Morgan fingerprint density at radius 1 is 1.46 bits per heavy atom. The molecule has 2 N–H and O–H groups in total. The molecule has 0 aromatic heterocycles. The first-order chi connectivity index (χ1) is 11.0. The second-order valence-electron chi connectivity index (χ2n) is 6.16. The summed E-state index contributed by atoms with van der Waals surface area (Å²) in [6.07, 6.45) is -4.09. The monoisotopic (exact) mass is 364 g/mol. The van der Waals surface area contributed by atoms with Crippen LogP contribution < -0.4 is 5.32 Å². The molecule has 1 aliphatic heterocycles. The maximum atomic E-state index is 13.0. The summed E-state index contributed by atoms with van der Waals surface area (Å²) in [6.45, 7) is 3.66. The van der Waals surface area contributed by atoms with Crippen molar-refractivity contribution in [1.29, 1.82) is 0 Å². The molecule has 1 aliphatic rings. The molecule has 2 rings (SSSR count). The fourth-order valence-electron chi connectivity index (χ4n) is 2.88. The van der Waals surface area contributed by atoms with Crippen LogP contribution in [-0.4, -0.2) is 33.2 Å². The van der Waals surface area contributed by atoms with E-state index >= 15 is 0 Å². The minimum absolute atomic E-state index is 0.247. The topological polar surface area (TPSA) is 75.4 Å². The standard InChI is InChI=1S/C15H19F3N2O3S/c1-3-24-8-14(2,21)7-10-4-9-5-13(20(22)23)11(15(16,17)18)6-12(9)19-10/h5-6,10,19,21H,3-4,7-8H2,1-2H3. The van der Waals surface area contributed by atoms with Crippen molar-refractivity contribution in [3.8, 4) is 0 Å². The first kappa shape index (κ1) is 18.9. The van der Waals surface area contributed by atoms with Gasteiger partial charge in [0.05, 0.1) is 10.5 Å². The van der Waals surface area contributed by atoms with Crippen molar-refractivity contribution in [3.05, 3.63) is 33.4 Å². The molecule has 0 radical (unpaired) electrons. The number of hydrogen-bond donors (Lipinski definition) is 2. The molecule has 0 saturated carbocycles. The van der Waals surface area contributed by atoms with Crippen molar-refractivity contribution in [2.75, 3.05) is 16.8 Å². The second-order valence-corrected chi connectivity index (χ2v) is 7.44. The van der Waals surface area contributed by atoms with Crippen LogP contribution in [0.2, 0.25) is 0 Å². The molecule has 9 heteroatoms. The third-order valence-electron chi connectivity index (χ3n) is 3.85. The average Bonchev–Trinajstić information content (AvgIpc) is 2.83. The first-order valence-electron chi connectivity index (χ1n) is 7.48. The lowest BCUT2D eigenvalue weighted by atomic mass is 9.96. The minimum Gasteiger partial charge on any atom is -0.389 e. The molecule has 0 spiro atoms. The van der Waals surface area contributed by atoms with Gasteiger partial charge in [-0.25, -0.2) is 0 Å². The number of fused-ring (bicyclic) bond motifs is 1. The van der Waals surface area contributed by atoms with Gasteiger partial charge in [0.2, 0.25) is 0 Å². The molecule has 0 saturated heterocycles. The number of nitrogens with zero attached hydrogens (tertiary/aromatic N) is 1. The molecule has 0 fully saturated rings. The van der Waals surface area contributed by atoms with Gasteiger partial charge in [-0.2, -0.15) is 24.9 Å². The fraction of sp³-hybridized carbons (Fsp3) is 0.600. The van der Waals surface area contributed by atoms with E-state index in [1.165, 1.54) is 0 Å². The highest BCUT2D eigenvalue weighted by atomic mass is 32.2. The average molecular weight is 364 g/mol. The largest absolute Gasteiger partial charge is 0.423 e. The normalized spacial score (nSPS) is 19.5. The Kier molecular flexibility index (Phi) is 5.34. The van der Waals surface area contributed by atoms with Gasteiger partial charge in [-0.05, 0) is 37.1 Å². The van der Waals surface area contributed by atoms with Crippen molar-refractivity contribution in [2.24, 2.45) is 0 Å². The summed E-state index contributed by atoms with van der Waals surface area (Å²) in [7, 11) is 0. The highest BCUT2D eigenvalue weighted by Crippen LogP contribution is 2.42. The number of anilines is 1. The second kappa shape index (κ2) is 6.79. The summed E-state index contributed by atoms with van der Waals surface area (Å²) in [5.41, 5.74) is -2.43. The number of thioether (sulfide) groups is 1. The zero-order valence-corrected chi connectivity index (χ0v) is 14.1. The number of nitro benzene ring substituents is 1. The van der Waals surface area contributed by atoms with Crippen LogP contribution in [0.1, 0.15) is 31.4 Å². The van der Waals surface area contributed by atoms with Crippen LogP contribution >= 0.6 is 11.8 Å². The number of hydrogen-bond acceptors (Lipinski definition) is 5. The third kappa shape index (κ3) is 4.32. The lowest BCUT2D eigenvalue weighted by molar-refractivity contribution is -0.388. The molecule has 134 valence electrons. The SMILES string of the molecule is CCSCC(C)(O)CC1Cc2cc([N+](=O)[O-])c(C(F)(F)F)cc2N1. The Morgan fingerprint density at radius 2 is 2.12 bits per heavy atom. The van der Waals surface area contributed by atoms with E-state index in [9.17, 15) is 28.4 Å². The molecule has 0 bridgehead atoms. The number of aliphatic hydroxyl groups is 1. The van der Waals surface area contributed by atoms with Crippen LogP contribution in [0.4, 0.5) is 24.5 Å². The summed E-state index contributed by atoms with van der Waals surface area (Å²) in [6, 6.07) is 1.53. The van der Waals surface area contributed by atoms with Crippen LogP contribution in [-0.2, 0) is 12.6 Å². The van der Waals surface area contributed by atoms with Crippen molar-refractivity contribution >= 4 is 23.1 Å². The highest BCUT2D eigenvalue weighted by molar-refractivity contribution is 7.99. The maximum Gasteiger partial charge on any atom is 0.423 e. The molecular formula is C15H19F3N2O3S. The van der Waals surface area contributed by atoms with Gasteiger partial charge < -0.3 is 10.4 Å². The predicted octanol–water partition coefficient (Wildman–Crippen LogP) is 3.84. The van der Waals surface area contributed by atoms with E-state index in [2.05, 4.69) is 5.32 Å². The third-order valence-corrected chi connectivity index (χ3v) is 5.09. The molecule has 2 unspecified atom stereocenters. The van der Waals surface area contributed by atoms with Crippen LogP contribution in [0, 0.1) is 10.1 Å². The molecule has 5 nitrogen and oxygen atoms in total. The Bertz CT molecular complexity index is 635. The molecule has 2 atom stereocenters. The molecule has 24 heavy (non-hydrogen) atoms. The molecule has 1 aromatic carbocycles. The summed E-state index contributed by atoms with van der Waals surface area (Å²) in [4.78, 5) is 9.93. The van der Waals surface area contributed by atoms with Gasteiger partial charge in [0.15, 0.2) is 0 Å². The quantitative estimate of drug-likeness (QED) is 0.592. The first-order valence-corrected chi connectivity index (χ1v) is 8.64. The highest BCUT2D eigenvalue weighted by Gasteiger charge is 2.41. The van der Waals surface area contributed by atoms with E-state index in [-0.39, 0.29) is 11.7 Å². The minimum atomic E-state index is -4.79. The molecular weight excluding hydrogens is 345 g/mol. The van der Waals surface area contributed by atoms with Gasteiger partial charge in [-0.1, -0.05) is 6.92 Å². The maximum absolute atomic E-state index is 13.0. The summed E-state index contributed by atoms with van der Waals surface area (Å²) < 4.78 is 39.0. The van der Waals surface area contributed by atoms with Gasteiger partial charge in [-0.15, -0.1) is 0 Å². The Labute approximate surface area is 141 Å². The predicted molar refractivity (Wildman–Crippen MR) is 87.5 cm³/mol. The van der Waals surface area contributed by atoms with Crippen molar-refractivity contribution in [3.63, 3.8) is 0 Å². The van der Waals surface area contributed by atoms with Crippen LogP contribution in [0.15, 0.2) is 12.1 Å². The van der Waals surface area contributed by atoms with Gasteiger partial charge >= 0.3 is 6.18 Å². The summed E-state index contributed by atoms with van der Waals surface area (Å²) in [5.74, 6) is 1.38. The van der Waals surface area contributed by atoms with Crippen LogP contribution in [0.3, 0.4) is 0 Å². The van der Waals surface area contributed by atoms with Crippen LogP contribution in [0.25, 0.3) is 0 Å². The zero-order chi connectivity index (χ0) is 18.1. The number of alkyl halides is 3. The molecule has 1 heterocycles. The summed E-state index contributed by atoms with van der Waals surface area (Å²) in [5, 5.41) is 24.3. The van der Waals surface area contributed by atoms with E-state index in [0.29, 0.717) is 24.2 Å². The Balaban J connectivity index is 2.22. The zero-order valence-electron chi connectivity index (χ0n) is 13.3. The molecule has 0 amide bonds. The number of nitrogens with one attached hydrogen (secondary N) is 1. The number of rotatable bonds is 6. The fourth-order valence-corrected chi connectivity index (χ4v) is 3.65. The van der Waals surface area contributed by atoms with Gasteiger partial charge in [-0.3, -0.25) is 10.1 Å². The Morgan fingerprint density at radius 3 is 2.67 bits per heavy atom.